The standard InChI is InChI=1S/C8H15BrSi/c1-4-7-8-10(9,5-2)6-3/h5-6H,2-4,7-8H2,1H3. The topological polar surface area (TPSA) is 0 Å². The Bertz CT molecular complexity index is 112. The molecule has 0 N–H and O–H groups in total. The fourth-order valence-electron chi connectivity index (χ4n) is 0.735. The predicted molar refractivity (Wildman–Crippen MR) is 54.8 cm³/mol. The van der Waals surface area contributed by atoms with Crippen molar-refractivity contribution in [1.82, 2.24) is 0 Å². The van der Waals surface area contributed by atoms with Crippen molar-refractivity contribution in [2.24, 2.45) is 0 Å². The molecule has 0 aliphatic rings. The molecule has 0 heterocycles. The number of rotatable bonds is 5. The lowest BCUT2D eigenvalue weighted by atomic mass is 10.4. The number of hydrogen-bond donors (Lipinski definition) is 0. The van der Waals surface area contributed by atoms with Crippen LogP contribution in [0.4, 0.5) is 0 Å². The van der Waals surface area contributed by atoms with E-state index in [4.69, 9.17) is 0 Å². The van der Waals surface area contributed by atoms with Crippen LogP contribution in [0.1, 0.15) is 19.8 Å². The lowest BCUT2D eigenvalue weighted by Crippen LogP contribution is -2.19. The maximum Gasteiger partial charge on any atom is 0.175 e. The number of unbranched alkanes of at least 4 members (excludes halogenated alkanes) is 1. The second-order valence-corrected chi connectivity index (χ2v) is 10.0. The zero-order valence-electron chi connectivity index (χ0n) is 6.57. The summed E-state index contributed by atoms with van der Waals surface area (Å²) in [7, 11) is 0. The summed E-state index contributed by atoms with van der Waals surface area (Å²) in [5.41, 5.74) is 4.07. The Morgan fingerprint density at radius 2 is 1.90 bits per heavy atom. The van der Waals surface area contributed by atoms with Crippen molar-refractivity contribution >= 4 is 22.0 Å². The molecule has 0 radical (unpaired) electrons. The highest BCUT2D eigenvalue weighted by atomic mass is 79.9. The number of halogens is 1. The van der Waals surface area contributed by atoms with Crippen LogP contribution in [0.25, 0.3) is 0 Å². The Hall–Kier alpha value is 0.177. The van der Waals surface area contributed by atoms with Gasteiger partial charge >= 0.3 is 0 Å². The largest absolute Gasteiger partial charge is 0.175 e. The summed E-state index contributed by atoms with van der Waals surface area (Å²) in [5, 5.41) is 0. The summed E-state index contributed by atoms with van der Waals surface area (Å²) in [4.78, 5) is 0. The first kappa shape index (κ1) is 10.2. The molecular formula is C8H15BrSi. The van der Waals surface area contributed by atoms with Gasteiger partial charge in [-0.05, 0) is 6.04 Å². The molecule has 0 aliphatic carbocycles. The van der Waals surface area contributed by atoms with Crippen LogP contribution in [0.5, 0.6) is 0 Å². The fourth-order valence-corrected chi connectivity index (χ4v) is 3.05. The quantitative estimate of drug-likeness (QED) is 0.489. The Morgan fingerprint density at radius 1 is 1.40 bits per heavy atom. The minimum absolute atomic E-state index is 1.23. The lowest BCUT2D eigenvalue weighted by Gasteiger charge is -2.14. The van der Waals surface area contributed by atoms with Crippen LogP contribution in [0.3, 0.4) is 0 Å². The molecule has 2 heteroatoms. The first-order valence-corrected chi connectivity index (χ1v) is 8.26. The van der Waals surface area contributed by atoms with Crippen LogP contribution in [-0.4, -0.2) is 6.69 Å². The van der Waals surface area contributed by atoms with Crippen LogP contribution < -0.4 is 0 Å². The Kier molecular flexibility index (Phi) is 5.00. The summed E-state index contributed by atoms with van der Waals surface area (Å²) < 4.78 is 0. The minimum Gasteiger partial charge on any atom is -0.115 e. The molecule has 0 fully saturated rings. The van der Waals surface area contributed by atoms with Gasteiger partial charge in [-0.3, -0.25) is 0 Å². The van der Waals surface area contributed by atoms with Crippen molar-refractivity contribution < 1.29 is 0 Å². The molecule has 10 heavy (non-hydrogen) atoms. The molecule has 0 atom stereocenters. The molecule has 0 unspecified atom stereocenters. The van der Waals surface area contributed by atoms with E-state index >= 15 is 0 Å². The monoisotopic (exact) mass is 218 g/mol. The predicted octanol–water partition coefficient (Wildman–Crippen LogP) is 3.58. The normalized spacial score (nSPS) is 11.0. The summed E-state index contributed by atoms with van der Waals surface area (Å²) in [6.45, 7) is 8.42. The van der Waals surface area contributed by atoms with Gasteiger partial charge in [0.2, 0.25) is 0 Å². The van der Waals surface area contributed by atoms with E-state index in [9.17, 15) is 0 Å². The maximum absolute atomic E-state index is 3.80. The van der Waals surface area contributed by atoms with E-state index in [1.165, 1.54) is 18.9 Å². The summed E-state index contributed by atoms with van der Waals surface area (Å²) in [6.07, 6.45) is 2.53. The van der Waals surface area contributed by atoms with Gasteiger partial charge in [-0.25, -0.2) is 0 Å². The zero-order valence-corrected chi connectivity index (χ0v) is 9.15. The van der Waals surface area contributed by atoms with E-state index in [0.29, 0.717) is 0 Å². The van der Waals surface area contributed by atoms with Crippen molar-refractivity contribution in [1.29, 1.82) is 0 Å². The molecule has 58 valence electrons. The summed E-state index contributed by atoms with van der Waals surface area (Å²) in [6, 6.07) is 1.23. The molecule has 0 aliphatic heterocycles. The van der Waals surface area contributed by atoms with Gasteiger partial charge in [-0.1, -0.05) is 31.2 Å². The second-order valence-electron chi connectivity index (χ2n) is 2.44. The van der Waals surface area contributed by atoms with E-state index in [0.717, 1.165) is 0 Å². The summed E-state index contributed by atoms with van der Waals surface area (Å²) >= 11 is 3.69. The third-order valence-corrected chi connectivity index (χ3v) is 7.20. The van der Waals surface area contributed by atoms with Crippen LogP contribution in [-0.2, 0) is 0 Å². The first-order valence-electron chi connectivity index (χ1n) is 3.64. The highest BCUT2D eigenvalue weighted by Crippen LogP contribution is 2.22. The smallest absolute Gasteiger partial charge is 0.115 e. The third-order valence-electron chi connectivity index (χ3n) is 1.59. The molecule has 0 aromatic heterocycles. The molecule has 0 nitrogen and oxygen atoms in total. The SMILES string of the molecule is C=C[Si](Br)(C=C)CCCC. The Labute approximate surface area is 72.6 Å². The molecular weight excluding hydrogens is 204 g/mol. The average Bonchev–Trinajstić information content (AvgIpc) is 2.00. The molecule has 0 saturated heterocycles. The molecule has 0 saturated carbocycles. The first-order chi connectivity index (χ1) is 4.68. The average molecular weight is 219 g/mol. The zero-order chi connectivity index (χ0) is 8.04. The molecule has 0 amide bonds. The Morgan fingerprint density at radius 3 is 2.20 bits per heavy atom. The Balaban J connectivity index is 3.80. The van der Waals surface area contributed by atoms with Gasteiger partial charge in [-0.15, -0.1) is 28.5 Å². The van der Waals surface area contributed by atoms with Gasteiger partial charge in [-0.2, -0.15) is 0 Å². The van der Waals surface area contributed by atoms with Gasteiger partial charge in [0.25, 0.3) is 0 Å². The van der Waals surface area contributed by atoms with Crippen molar-refractivity contribution in [3.05, 3.63) is 24.6 Å². The van der Waals surface area contributed by atoms with Gasteiger partial charge in [0.1, 0.15) is 0 Å². The minimum atomic E-state index is -1.38. The highest BCUT2D eigenvalue weighted by Gasteiger charge is 2.19. The van der Waals surface area contributed by atoms with E-state index in [1.807, 2.05) is 11.4 Å². The van der Waals surface area contributed by atoms with Crippen molar-refractivity contribution in [3.63, 3.8) is 0 Å². The van der Waals surface area contributed by atoms with Gasteiger partial charge in [0, 0.05) is 0 Å². The van der Waals surface area contributed by atoms with Gasteiger partial charge < -0.3 is 0 Å². The number of hydrogen-bond acceptors (Lipinski definition) is 0. The fraction of sp³-hybridized carbons (Fsp3) is 0.500. The highest BCUT2D eigenvalue weighted by molar-refractivity contribution is 9.26. The van der Waals surface area contributed by atoms with Gasteiger partial charge in [0.15, 0.2) is 6.69 Å². The molecule has 0 aromatic carbocycles. The van der Waals surface area contributed by atoms with Crippen molar-refractivity contribution in [2.45, 2.75) is 25.8 Å². The summed E-state index contributed by atoms with van der Waals surface area (Å²) in [5.74, 6) is 0. The van der Waals surface area contributed by atoms with E-state index in [-0.39, 0.29) is 0 Å². The van der Waals surface area contributed by atoms with Crippen LogP contribution in [0, 0.1) is 0 Å². The van der Waals surface area contributed by atoms with Gasteiger partial charge in [0.05, 0.1) is 0 Å². The molecule has 0 bridgehead atoms. The molecule has 0 spiro atoms. The molecule has 0 aromatic rings. The van der Waals surface area contributed by atoms with Crippen LogP contribution in [0.15, 0.2) is 24.6 Å². The van der Waals surface area contributed by atoms with Crippen LogP contribution in [0.2, 0.25) is 6.04 Å². The van der Waals surface area contributed by atoms with Crippen molar-refractivity contribution in [2.75, 3.05) is 0 Å². The molecule has 0 rings (SSSR count). The van der Waals surface area contributed by atoms with E-state index < -0.39 is 6.69 Å². The van der Waals surface area contributed by atoms with Crippen LogP contribution >= 0.6 is 15.3 Å². The van der Waals surface area contributed by atoms with E-state index in [2.05, 4.69) is 35.4 Å². The maximum atomic E-state index is 3.80. The van der Waals surface area contributed by atoms with E-state index in [1.54, 1.807) is 0 Å². The van der Waals surface area contributed by atoms with Crippen molar-refractivity contribution in [3.8, 4) is 0 Å². The third kappa shape index (κ3) is 3.37. The second kappa shape index (κ2) is 4.91. The lowest BCUT2D eigenvalue weighted by molar-refractivity contribution is 0.876.